The van der Waals surface area contributed by atoms with Crippen LogP contribution in [0.4, 0.5) is 0 Å². The van der Waals surface area contributed by atoms with Gasteiger partial charge in [0.2, 0.25) is 0 Å². The lowest BCUT2D eigenvalue weighted by molar-refractivity contribution is 0.112. The van der Waals surface area contributed by atoms with E-state index < -0.39 is 0 Å². The molecule has 1 N–H and O–H groups in total. The number of piperidine rings is 2. The van der Waals surface area contributed by atoms with Crippen LogP contribution >= 0.6 is 0 Å². The van der Waals surface area contributed by atoms with Crippen LogP contribution in [0.15, 0.2) is 12.4 Å². The summed E-state index contributed by atoms with van der Waals surface area (Å²) in [5.41, 5.74) is 0. The second kappa shape index (κ2) is 8.10. The van der Waals surface area contributed by atoms with Gasteiger partial charge in [0.1, 0.15) is 0 Å². The number of nitrogens with zero attached hydrogens (tertiary/aromatic N) is 3. The summed E-state index contributed by atoms with van der Waals surface area (Å²) < 4.78 is 0. The summed E-state index contributed by atoms with van der Waals surface area (Å²) in [5, 5.41) is 3.79. The third-order valence-corrected chi connectivity index (χ3v) is 7.57. The Morgan fingerprint density at radius 3 is 2.38 bits per heavy atom. The van der Waals surface area contributed by atoms with E-state index in [-0.39, 0.29) is 0 Å². The van der Waals surface area contributed by atoms with Gasteiger partial charge in [-0.3, -0.25) is 0 Å². The molecule has 4 heterocycles. The van der Waals surface area contributed by atoms with Crippen LogP contribution in [-0.2, 0) is 0 Å². The maximum Gasteiger partial charge on any atom is 0.0971 e. The second-order valence-electron chi connectivity index (χ2n) is 9.45. The average Bonchev–Trinajstić information content (AvgIpc) is 3.18. The van der Waals surface area contributed by atoms with Crippen molar-refractivity contribution in [2.75, 3.05) is 32.7 Å². The van der Waals surface area contributed by atoms with E-state index in [4.69, 9.17) is 0 Å². The zero-order valence-corrected chi connectivity index (χ0v) is 17.1. The molecule has 0 aliphatic carbocycles. The van der Waals surface area contributed by atoms with Crippen LogP contribution in [0.5, 0.6) is 0 Å². The monoisotopic (exact) mass is 360 g/mol. The maximum absolute atomic E-state index is 4.46. The van der Waals surface area contributed by atoms with E-state index in [2.05, 4.69) is 40.4 Å². The van der Waals surface area contributed by atoms with Gasteiger partial charge in [-0.15, -0.1) is 0 Å². The normalized spacial score (nSPS) is 34.7. The van der Waals surface area contributed by atoms with Gasteiger partial charge in [-0.1, -0.05) is 19.9 Å². The molecule has 0 radical (unpaired) electrons. The summed E-state index contributed by atoms with van der Waals surface area (Å²) in [6.45, 7) is 15.4. The van der Waals surface area contributed by atoms with Gasteiger partial charge < -0.3 is 20.0 Å². The van der Waals surface area contributed by atoms with E-state index in [0.717, 1.165) is 24.0 Å². The molecule has 26 heavy (non-hydrogen) atoms. The highest BCUT2D eigenvalue weighted by Gasteiger charge is 2.36. The molecule has 0 aromatic rings. The molecule has 0 spiro atoms. The number of rotatable bonds is 6. The Hall–Kier alpha value is -0.740. The predicted octanol–water partition coefficient (Wildman–Crippen LogP) is 3.26. The molecule has 0 amide bonds. The summed E-state index contributed by atoms with van der Waals surface area (Å²) in [6.07, 6.45) is 10.9. The summed E-state index contributed by atoms with van der Waals surface area (Å²) in [5.74, 6) is 2.25. The molecule has 4 saturated heterocycles. The van der Waals surface area contributed by atoms with Crippen LogP contribution in [0.25, 0.3) is 0 Å². The molecule has 2 bridgehead atoms. The SMILES string of the molecule is C=C1N(C(C)CCC)CCN1C1CCN(CC2CC3CCC(C2)N3)CC1. The Morgan fingerprint density at radius 2 is 1.73 bits per heavy atom. The molecule has 4 nitrogen and oxygen atoms in total. The standard InChI is InChI=1S/C22H40N4/c1-4-5-17(2)25-12-13-26(18(25)3)22-8-10-24(11-9-22)16-19-14-20-6-7-21(15-19)23-20/h17,19-23H,3-16H2,1-2H3. The van der Waals surface area contributed by atoms with Crippen molar-refractivity contribution in [3.63, 3.8) is 0 Å². The summed E-state index contributed by atoms with van der Waals surface area (Å²) in [6, 6.07) is 3.04. The minimum atomic E-state index is 0.646. The van der Waals surface area contributed by atoms with Crippen molar-refractivity contribution in [2.24, 2.45) is 5.92 Å². The van der Waals surface area contributed by atoms with Crippen LogP contribution in [0, 0.1) is 5.92 Å². The van der Waals surface area contributed by atoms with Gasteiger partial charge in [-0.2, -0.15) is 0 Å². The molecule has 4 heteroatoms. The topological polar surface area (TPSA) is 21.8 Å². The zero-order valence-electron chi connectivity index (χ0n) is 17.1. The quantitative estimate of drug-likeness (QED) is 0.785. The number of hydrogen-bond donors (Lipinski definition) is 1. The lowest BCUT2D eigenvalue weighted by Crippen LogP contribution is -2.47. The van der Waals surface area contributed by atoms with Gasteiger partial charge in [-0.25, -0.2) is 0 Å². The van der Waals surface area contributed by atoms with E-state index in [9.17, 15) is 0 Å². The van der Waals surface area contributed by atoms with Crippen molar-refractivity contribution in [3.05, 3.63) is 12.4 Å². The van der Waals surface area contributed by atoms with Gasteiger partial charge in [0.25, 0.3) is 0 Å². The first kappa shape index (κ1) is 18.6. The third-order valence-electron chi connectivity index (χ3n) is 7.57. The summed E-state index contributed by atoms with van der Waals surface area (Å²) >= 11 is 0. The second-order valence-corrected chi connectivity index (χ2v) is 9.45. The lowest BCUT2D eigenvalue weighted by Gasteiger charge is -2.41. The molecule has 148 valence electrons. The Bertz CT molecular complexity index is 473. The maximum atomic E-state index is 4.46. The van der Waals surface area contributed by atoms with Gasteiger partial charge >= 0.3 is 0 Å². The minimum absolute atomic E-state index is 0.646. The lowest BCUT2D eigenvalue weighted by atomic mass is 9.91. The van der Waals surface area contributed by atoms with Gasteiger partial charge in [0.15, 0.2) is 0 Å². The van der Waals surface area contributed by atoms with Crippen molar-refractivity contribution < 1.29 is 0 Å². The van der Waals surface area contributed by atoms with E-state index in [1.165, 1.54) is 89.9 Å². The number of fused-ring (bicyclic) bond motifs is 2. The Morgan fingerprint density at radius 1 is 1.04 bits per heavy atom. The number of hydrogen-bond acceptors (Lipinski definition) is 4. The largest absolute Gasteiger partial charge is 0.354 e. The van der Waals surface area contributed by atoms with Crippen molar-refractivity contribution in [1.82, 2.24) is 20.0 Å². The van der Waals surface area contributed by atoms with Crippen LogP contribution in [-0.4, -0.2) is 71.6 Å². The Labute approximate surface area is 161 Å². The first-order valence-electron chi connectivity index (χ1n) is 11.3. The highest BCUT2D eigenvalue weighted by atomic mass is 15.4. The van der Waals surface area contributed by atoms with Gasteiger partial charge in [0, 0.05) is 56.9 Å². The van der Waals surface area contributed by atoms with E-state index >= 15 is 0 Å². The highest BCUT2D eigenvalue weighted by molar-refractivity contribution is 5.05. The third kappa shape index (κ3) is 3.91. The van der Waals surface area contributed by atoms with Gasteiger partial charge in [0.05, 0.1) is 5.82 Å². The van der Waals surface area contributed by atoms with Gasteiger partial charge in [-0.05, 0) is 57.8 Å². The fourth-order valence-electron chi connectivity index (χ4n) is 6.18. The van der Waals surface area contributed by atoms with Crippen LogP contribution in [0.3, 0.4) is 0 Å². The zero-order chi connectivity index (χ0) is 18.1. The van der Waals surface area contributed by atoms with Crippen molar-refractivity contribution in [3.8, 4) is 0 Å². The molecule has 3 unspecified atom stereocenters. The summed E-state index contributed by atoms with van der Waals surface area (Å²) in [7, 11) is 0. The fourth-order valence-corrected chi connectivity index (χ4v) is 6.18. The number of nitrogens with one attached hydrogen (secondary N) is 1. The molecular weight excluding hydrogens is 320 g/mol. The molecule has 4 aliphatic rings. The molecule has 4 aliphatic heterocycles. The number of likely N-dealkylation sites (tertiary alicyclic amines) is 1. The van der Waals surface area contributed by atoms with Crippen molar-refractivity contribution in [2.45, 2.75) is 89.4 Å². The first-order valence-corrected chi connectivity index (χ1v) is 11.3. The van der Waals surface area contributed by atoms with Crippen LogP contribution in [0.2, 0.25) is 0 Å². The van der Waals surface area contributed by atoms with E-state index in [1.54, 1.807) is 0 Å². The highest BCUT2D eigenvalue weighted by Crippen LogP contribution is 2.33. The molecule has 0 aromatic heterocycles. The van der Waals surface area contributed by atoms with Crippen molar-refractivity contribution in [1.29, 1.82) is 0 Å². The Balaban J connectivity index is 1.23. The molecule has 4 fully saturated rings. The molecule has 0 aromatic carbocycles. The minimum Gasteiger partial charge on any atom is -0.354 e. The van der Waals surface area contributed by atoms with E-state index in [0.29, 0.717) is 6.04 Å². The summed E-state index contributed by atoms with van der Waals surface area (Å²) in [4.78, 5) is 7.96. The molecule has 3 atom stereocenters. The smallest absolute Gasteiger partial charge is 0.0971 e. The fraction of sp³-hybridized carbons (Fsp3) is 0.909. The van der Waals surface area contributed by atoms with E-state index in [1.807, 2.05) is 0 Å². The Kier molecular flexibility index (Phi) is 5.80. The predicted molar refractivity (Wildman–Crippen MR) is 109 cm³/mol. The molecule has 4 rings (SSSR count). The first-order chi connectivity index (χ1) is 12.6. The average molecular weight is 361 g/mol. The van der Waals surface area contributed by atoms with Crippen LogP contribution < -0.4 is 5.32 Å². The molecule has 0 saturated carbocycles. The van der Waals surface area contributed by atoms with Crippen molar-refractivity contribution >= 4 is 0 Å². The van der Waals surface area contributed by atoms with Crippen LogP contribution in [0.1, 0.15) is 65.2 Å². The molecular formula is C22H40N4.